The van der Waals surface area contributed by atoms with E-state index < -0.39 is 0 Å². The number of amides is 1. The Kier molecular flexibility index (Phi) is 6.95. The second-order valence-corrected chi connectivity index (χ2v) is 7.71. The van der Waals surface area contributed by atoms with Crippen molar-refractivity contribution in [1.29, 1.82) is 0 Å². The minimum absolute atomic E-state index is 0.0584. The third-order valence-corrected chi connectivity index (χ3v) is 5.55. The number of benzene rings is 1. The molecule has 0 saturated heterocycles. The molecule has 0 bridgehead atoms. The van der Waals surface area contributed by atoms with Gasteiger partial charge in [-0.1, -0.05) is 30.3 Å². The van der Waals surface area contributed by atoms with Gasteiger partial charge in [-0.05, 0) is 30.5 Å². The maximum absolute atomic E-state index is 12.0. The van der Waals surface area contributed by atoms with E-state index in [1.165, 1.54) is 21.5 Å². The van der Waals surface area contributed by atoms with Crippen LogP contribution in [0.3, 0.4) is 0 Å². The Morgan fingerprint density at radius 1 is 1.10 bits per heavy atom. The standard InChI is InChI=1S/C13H15N5O2S.C7H8S/c14-9-3-4-10-17(11(19)6-18(10)12(9)20)5-1-2-8-7-21-13(15)16-8;8-6-7-4-2-1-3-5-7/h3-4,7H,1-2,5-6,14H2,(H2,15,16);1-5,8H,6H2. The molecule has 0 aliphatic carbocycles. The second kappa shape index (κ2) is 9.62. The van der Waals surface area contributed by atoms with E-state index in [2.05, 4.69) is 29.7 Å². The minimum Gasteiger partial charge on any atom is -0.394 e. The SMILES string of the molecule is Nc1nc(CCCN2C(=O)Cn3c2ccc(N)c3=O)cs1.SCc1ccccc1. The molecule has 0 spiro atoms. The van der Waals surface area contributed by atoms with Gasteiger partial charge in [0.2, 0.25) is 5.91 Å². The molecular weight excluding hydrogens is 406 g/mol. The Hall–Kier alpha value is -2.78. The van der Waals surface area contributed by atoms with E-state index in [-0.39, 0.29) is 23.7 Å². The normalized spacial score (nSPS) is 12.4. The molecule has 9 heteroatoms. The van der Waals surface area contributed by atoms with Crippen LogP contribution in [0.5, 0.6) is 0 Å². The van der Waals surface area contributed by atoms with E-state index in [1.54, 1.807) is 17.0 Å². The average molecular weight is 430 g/mol. The molecule has 0 fully saturated rings. The highest BCUT2D eigenvalue weighted by Crippen LogP contribution is 2.21. The number of thiol groups is 1. The lowest BCUT2D eigenvalue weighted by atomic mass is 10.2. The summed E-state index contributed by atoms with van der Waals surface area (Å²) in [6, 6.07) is 13.4. The number of aryl methyl sites for hydroxylation is 1. The Morgan fingerprint density at radius 2 is 1.86 bits per heavy atom. The van der Waals surface area contributed by atoms with Gasteiger partial charge in [-0.25, -0.2) is 4.98 Å². The third-order valence-electron chi connectivity index (χ3n) is 4.46. The van der Waals surface area contributed by atoms with Crippen molar-refractivity contribution in [1.82, 2.24) is 9.55 Å². The van der Waals surface area contributed by atoms with Gasteiger partial charge in [0.25, 0.3) is 5.56 Å². The van der Waals surface area contributed by atoms with E-state index in [4.69, 9.17) is 11.5 Å². The number of nitrogen functional groups attached to an aromatic ring is 2. The smallest absolute Gasteiger partial charge is 0.275 e. The summed E-state index contributed by atoms with van der Waals surface area (Å²) < 4.78 is 1.42. The number of carbonyl (C=O) groups excluding carboxylic acids is 1. The minimum atomic E-state index is -0.310. The molecule has 0 saturated carbocycles. The summed E-state index contributed by atoms with van der Waals surface area (Å²) in [5.41, 5.74) is 13.2. The monoisotopic (exact) mass is 429 g/mol. The maximum atomic E-state index is 12.0. The molecule has 4 N–H and O–H groups in total. The molecule has 1 aliphatic rings. The van der Waals surface area contributed by atoms with Crippen LogP contribution in [-0.4, -0.2) is 22.0 Å². The Morgan fingerprint density at radius 3 is 2.48 bits per heavy atom. The van der Waals surface area contributed by atoms with Gasteiger partial charge in [0, 0.05) is 17.7 Å². The topological polar surface area (TPSA) is 107 Å². The zero-order valence-corrected chi connectivity index (χ0v) is 17.5. The fourth-order valence-corrected chi connectivity index (χ4v) is 3.81. The molecule has 3 aromatic rings. The molecule has 29 heavy (non-hydrogen) atoms. The number of pyridine rings is 1. The first-order valence-electron chi connectivity index (χ1n) is 9.14. The third kappa shape index (κ3) is 5.18. The first kappa shape index (κ1) is 20.9. The number of aromatic nitrogens is 2. The van der Waals surface area contributed by atoms with Crippen LogP contribution in [0.25, 0.3) is 0 Å². The van der Waals surface area contributed by atoms with Crippen LogP contribution in [0, 0.1) is 0 Å². The number of nitrogens with two attached hydrogens (primary N) is 2. The largest absolute Gasteiger partial charge is 0.394 e. The fraction of sp³-hybridized carbons (Fsp3) is 0.250. The summed E-state index contributed by atoms with van der Waals surface area (Å²) in [6.45, 7) is 0.600. The molecule has 0 atom stereocenters. The highest BCUT2D eigenvalue weighted by Gasteiger charge is 2.27. The number of thiazole rings is 1. The molecule has 3 heterocycles. The van der Waals surface area contributed by atoms with E-state index in [9.17, 15) is 9.59 Å². The summed E-state index contributed by atoms with van der Waals surface area (Å²) in [7, 11) is 0. The van der Waals surface area contributed by atoms with Gasteiger partial charge in [0.05, 0.1) is 11.4 Å². The number of rotatable bonds is 5. The predicted molar refractivity (Wildman–Crippen MR) is 121 cm³/mol. The van der Waals surface area contributed by atoms with Crippen LogP contribution in [0.4, 0.5) is 16.6 Å². The first-order valence-corrected chi connectivity index (χ1v) is 10.6. The number of hydrogen-bond donors (Lipinski definition) is 3. The van der Waals surface area contributed by atoms with E-state index >= 15 is 0 Å². The summed E-state index contributed by atoms with van der Waals surface area (Å²) >= 11 is 5.52. The molecule has 0 radical (unpaired) electrons. The van der Waals surface area contributed by atoms with Crippen molar-refractivity contribution in [2.45, 2.75) is 25.1 Å². The number of nitrogens with zero attached hydrogens (tertiary/aromatic N) is 3. The van der Waals surface area contributed by atoms with Crippen molar-refractivity contribution < 1.29 is 4.79 Å². The molecule has 1 amide bonds. The van der Waals surface area contributed by atoms with Gasteiger partial charge in [0.1, 0.15) is 12.4 Å². The zero-order valence-electron chi connectivity index (χ0n) is 15.8. The first-order chi connectivity index (χ1) is 14.0. The summed E-state index contributed by atoms with van der Waals surface area (Å²) in [5, 5.41) is 2.47. The van der Waals surface area contributed by atoms with E-state index in [0.717, 1.165) is 24.3 Å². The van der Waals surface area contributed by atoms with E-state index in [0.29, 0.717) is 17.5 Å². The molecule has 4 rings (SSSR count). The van der Waals surface area contributed by atoms with Gasteiger partial charge < -0.3 is 11.5 Å². The fourth-order valence-electron chi connectivity index (χ4n) is 3.00. The van der Waals surface area contributed by atoms with Crippen molar-refractivity contribution in [2.24, 2.45) is 0 Å². The Labute approximate surface area is 178 Å². The summed E-state index contributed by atoms with van der Waals surface area (Å²) in [6.07, 6.45) is 1.50. The van der Waals surface area contributed by atoms with Gasteiger partial charge in [-0.15, -0.1) is 11.3 Å². The molecule has 7 nitrogen and oxygen atoms in total. The molecule has 2 aromatic heterocycles. The summed E-state index contributed by atoms with van der Waals surface area (Å²) in [5.74, 6) is 1.35. The van der Waals surface area contributed by atoms with Crippen molar-refractivity contribution in [2.75, 3.05) is 22.9 Å². The quantitative estimate of drug-likeness (QED) is 0.541. The van der Waals surface area contributed by atoms with Crippen LogP contribution in [0.1, 0.15) is 17.7 Å². The van der Waals surface area contributed by atoms with Gasteiger partial charge >= 0.3 is 0 Å². The van der Waals surface area contributed by atoms with Crippen LogP contribution in [-0.2, 0) is 23.5 Å². The number of anilines is 3. The van der Waals surface area contributed by atoms with Crippen LogP contribution in [0.15, 0.2) is 52.6 Å². The van der Waals surface area contributed by atoms with Crippen LogP contribution >= 0.6 is 24.0 Å². The molecular formula is C20H23N5O2S2. The summed E-state index contributed by atoms with van der Waals surface area (Å²) in [4.78, 5) is 29.7. The van der Waals surface area contributed by atoms with E-state index in [1.807, 2.05) is 23.6 Å². The van der Waals surface area contributed by atoms with Gasteiger partial charge in [-0.2, -0.15) is 12.6 Å². The van der Waals surface area contributed by atoms with Gasteiger partial charge in [-0.3, -0.25) is 19.1 Å². The lowest BCUT2D eigenvalue weighted by Crippen LogP contribution is -2.28. The van der Waals surface area contributed by atoms with Crippen molar-refractivity contribution in [3.63, 3.8) is 0 Å². The molecule has 152 valence electrons. The number of hydrogen-bond acceptors (Lipinski definition) is 7. The van der Waals surface area contributed by atoms with Crippen molar-refractivity contribution in [3.05, 3.63) is 69.5 Å². The zero-order chi connectivity index (χ0) is 20.8. The molecule has 1 aromatic carbocycles. The van der Waals surface area contributed by atoms with Crippen molar-refractivity contribution >= 4 is 46.5 Å². The second-order valence-electron chi connectivity index (χ2n) is 6.51. The predicted octanol–water partition coefficient (Wildman–Crippen LogP) is 2.57. The average Bonchev–Trinajstić information content (AvgIpc) is 3.29. The Bertz CT molecular complexity index is 1030. The van der Waals surface area contributed by atoms with Crippen LogP contribution in [0.2, 0.25) is 0 Å². The highest BCUT2D eigenvalue weighted by molar-refractivity contribution is 7.79. The molecule has 0 unspecified atom stereocenters. The highest BCUT2D eigenvalue weighted by atomic mass is 32.1. The number of carbonyl (C=O) groups is 1. The van der Waals surface area contributed by atoms with Crippen molar-refractivity contribution in [3.8, 4) is 0 Å². The molecule has 1 aliphatic heterocycles. The number of fused-ring (bicyclic) bond motifs is 1. The van der Waals surface area contributed by atoms with Gasteiger partial charge in [0.15, 0.2) is 5.13 Å². The van der Waals surface area contributed by atoms with Crippen LogP contribution < -0.4 is 21.9 Å². The Balaban J connectivity index is 0.000000252. The maximum Gasteiger partial charge on any atom is 0.275 e. The lowest BCUT2D eigenvalue weighted by Gasteiger charge is -2.16. The lowest BCUT2D eigenvalue weighted by molar-refractivity contribution is -0.118.